The first-order chi connectivity index (χ1) is 10.9. The molecule has 1 aromatic carbocycles. The Bertz CT molecular complexity index is 515. The molecule has 0 amide bonds. The zero-order chi connectivity index (χ0) is 16.5. The van der Waals surface area contributed by atoms with E-state index >= 15 is 0 Å². The first-order valence-electron chi connectivity index (χ1n) is 9.35. The van der Waals surface area contributed by atoms with Crippen LogP contribution in [0.25, 0.3) is 0 Å². The van der Waals surface area contributed by atoms with E-state index in [0.29, 0.717) is 10.8 Å². The number of likely N-dealkylation sites (tertiary alicyclic amines) is 1. The van der Waals surface area contributed by atoms with Crippen LogP contribution in [0, 0.1) is 5.41 Å². The van der Waals surface area contributed by atoms with Crippen molar-refractivity contribution in [3.63, 3.8) is 0 Å². The molecule has 0 bridgehead atoms. The average molecular weight is 332 g/mol. The van der Waals surface area contributed by atoms with Crippen molar-refractivity contribution in [2.75, 3.05) is 24.6 Å². The number of hydrogen-bond acceptors (Lipinski definition) is 2. The molecular weight excluding hydrogens is 298 g/mol. The van der Waals surface area contributed by atoms with Gasteiger partial charge in [0, 0.05) is 29.5 Å². The molecule has 1 atom stereocenters. The highest BCUT2D eigenvalue weighted by atomic mass is 32.2. The Hall–Kier alpha value is -0.470. The van der Waals surface area contributed by atoms with Crippen LogP contribution >= 0.6 is 11.8 Å². The minimum atomic E-state index is 0.302. The number of hydrogen-bond donors (Lipinski definition) is 0. The van der Waals surface area contributed by atoms with Gasteiger partial charge in [-0.15, -0.1) is 0 Å². The molecule has 1 nitrogen and oxygen atoms in total. The van der Waals surface area contributed by atoms with Gasteiger partial charge in [0.25, 0.3) is 0 Å². The summed E-state index contributed by atoms with van der Waals surface area (Å²) in [5, 5.41) is 0. The van der Waals surface area contributed by atoms with Gasteiger partial charge in [0.2, 0.25) is 0 Å². The second kappa shape index (κ2) is 6.80. The lowest BCUT2D eigenvalue weighted by molar-refractivity contribution is 0.220. The van der Waals surface area contributed by atoms with E-state index < -0.39 is 0 Å². The number of thioether (sulfide) groups is 1. The van der Waals surface area contributed by atoms with Gasteiger partial charge in [-0.25, -0.2) is 0 Å². The van der Waals surface area contributed by atoms with E-state index in [2.05, 4.69) is 68.6 Å². The van der Waals surface area contributed by atoms with Gasteiger partial charge >= 0.3 is 0 Å². The van der Waals surface area contributed by atoms with Gasteiger partial charge in [0.05, 0.1) is 0 Å². The highest BCUT2D eigenvalue weighted by Gasteiger charge is 2.44. The third kappa shape index (κ3) is 3.79. The molecule has 0 radical (unpaired) electrons. The molecular formula is C21H33NS. The lowest BCUT2D eigenvalue weighted by Gasteiger charge is -2.38. The zero-order valence-electron chi connectivity index (χ0n) is 15.4. The SMILES string of the molecule is CCC(C)(C)c1ccc(CCC(C)N2CCC3(CSC3)C2)cc1. The Morgan fingerprint density at radius 2 is 1.91 bits per heavy atom. The fraction of sp³-hybridized carbons (Fsp3) is 0.714. The molecule has 128 valence electrons. The van der Waals surface area contributed by atoms with Crippen LogP contribution in [0.4, 0.5) is 0 Å². The van der Waals surface area contributed by atoms with Gasteiger partial charge in [0.15, 0.2) is 0 Å². The summed E-state index contributed by atoms with van der Waals surface area (Å²) < 4.78 is 0. The van der Waals surface area contributed by atoms with E-state index in [4.69, 9.17) is 0 Å². The summed E-state index contributed by atoms with van der Waals surface area (Å²) in [5.74, 6) is 2.82. The molecule has 23 heavy (non-hydrogen) atoms. The Morgan fingerprint density at radius 3 is 2.43 bits per heavy atom. The predicted octanol–water partition coefficient (Wildman–Crippen LogP) is 5.13. The van der Waals surface area contributed by atoms with E-state index in [-0.39, 0.29) is 0 Å². The van der Waals surface area contributed by atoms with Crippen molar-refractivity contribution in [2.45, 2.75) is 64.8 Å². The molecule has 2 fully saturated rings. The van der Waals surface area contributed by atoms with Gasteiger partial charge in [-0.05, 0) is 55.7 Å². The van der Waals surface area contributed by atoms with Crippen molar-refractivity contribution in [1.29, 1.82) is 0 Å². The number of aryl methyl sites for hydroxylation is 1. The molecule has 2 aliphatic heterocycles. The highest BCUT2D eigenvalue weighted by molar-refractivity contribution is 8.00. The lowest BCUT2D eigenvalue weighted by atomic mass is 9.82. The zero-order valence-corrected chi connectivity index (χ0v) is 16.2. The third-order valence-corrected chi connectivity index (χ3v) is 8.01. The Balaban J connectivity index is 1.50. The molecule has 1 unspecified atom stereocenters. The summed E-state index contributed by atoms with van der Waals surface area (Å²) in [7, 11) is 0. The van der Waals surface area contributed by atoms with E-state index in [9.17, 15) is 0 Å². The van der Waals surface area contributed by atoms with Crippen LogP contribution < -0.4 is 0 Å². The molecule has 0 N–H and O–H groups in total. The molecule has 2 heteroatoms. The maximum Gasteiger partial charge on any atom is 0.00703 e. The Morgan fingerprint density at radius 1 is 1.22 bits per heavy atom. The first kappa shape index (κ1) is 17.4. The molecule has 0 saturated carbocycles. The largest absolute Gasteiger partial charge is 0.300 e. The van der Waals surface area contributed by atoms with Gasteiger partial charge in [-0.1, -0.05) is 45.0 Å². The van der Waals surface area contributed by atoms with Crippen LogP contribution in [0.1, 0.15) is 58.1 Å². The molecule has 3 rings (SSSR count). The van der Waals surface area contributed by atoms with Crippen LogP contribution in [0.15, 0.2) is 24.3 Å². The quantitative estimate of drug-likeness (QED) is 0.710. The predicted molar refractivity (Wildman–Crippen MR) is 103 cm³/mol. The third-order valence-electron chi connectivity index (χ3n) is 6.38. The summed E-state index contributed by atoms with van der Waals surface area (Å²) in [6, 6.07) is 10.1. The minimum Gasteiger partial charge on any atom is -0.300 e. The van der Waals surface area contributed by atoms with E-state index in [1.807, 2.05) is 0 Å². The maximum absolute atomic E-state index is 2.74. The smallest absolute Gasteiger partial charge is 0.00703 e. The molecule has 1 spiro atoms. The van der Waals surface area contributed by atoms with Gasteiger partial charge in [-0.3, -0.25) is 0 Å². The second-order valence-corrected chi connectivity index (χ2v) is 9.52. The summed E-state index contributed by atoms with van der Waals surface area (Å²) in [5.41, 5.74) is 3.98. The summed E-state index contributed by atoms with van der Waals surface area (Å²) in [6.45, 7) is 12.1. The molecule has 1 aromatic rings. The number of nitrogens with zero attached hydrogens (tertiary/aromatic N) is 1. The summed E-state index contributed by atoms with van der Waals surface area (Å²) in [6.07, 6.45) is 5.13. The monoisotopic (exact) mass is 331 g/mol. The highest BCUT2D eigenvalue weighted by Crippen LogP contribution is 2.45. The Labute approximate surface area is 147 Å². The van der Waals surface area contributed by atoms with Crippen molar-refractivity contribution < 1.29 is 0 Å². The fourth-order valence-electron chi connectivity index (χ4n) is 3.86. The number of rotatable bonds is 6. The normalized spacial score (nSPS) is 22.3. The summed E-state index contributed by atoms with van der Waals surface area (Å²) in [4.78, 5) is 2.74. The maximum atomic E-state index is 2.74. The average Bonchev–Trinajstić information content (AvgIpc) is 2.99. The van der Waals surface area contributed by atoms with Crippen LogP contribution in [0.5, 0.6) is 0 Å². The fourth-order valence-corrected chi connectivity index (χ4v) is 5.11. The standard InChI is InChI=1S/C21H33NS/c1-5-20(3,4)19-10-8-18(9-11-19)7-6-17(2)22-13-12-21(14-22)15-23-16-21/h8-11,17H,5-7,12-16H2,1-4H3. The van der Waals surface area contributed by atoms with Gasteiger partial charge in [0.1, 0.15) is 0 Å². The topological polar surface area (TPSA) is 3.24 Å². The molecule has 2 heterocycles. The second-order valence-electron chi connectivity index (χ2n) is 8.54. The Kier molecular flexibility index (Phi) is 5.13. The lowest BCUT2D eigenvalue weighted by Crippen LogP contribution is -2.40. The van der Waals surface area contributed by atoms with Crippen LogP contribution in [0.3, 0.4) is 0 Å². The van der Waals surface area contributed by atoms with Crippen LogP contribution in [-0.4, -0.2) is 35.5 Å². The van der Waals surface area contributed by atoms with Crippen molar-refractivity contribution in [3.8, 4) is 0 Å². The molecule has 2 aliphatic rings. The van der Waals surface area contributed by atoms with E-state index in [1.165, 1.54) is 61.4 Å². The number of benzene rings is 1. The van der Waals surface area contributed by atoms with Crippen molar-refractivity contribution >= 4 is 11.8 Å². The van der Waals surface area contributed by atoms with Crippen molar-refractivity contribution in [3.05, 3.63) is 35.4 Å². The summed E-state index contributed by atoms with van der Waals surface area (Å²) >= 11 is 2.14. The molecule has 0 aromatic heterocycles. The van der Waals surface area contributed by atoms with Crippen molar-refractivity contribution in [1.82, 2.24) is 4.90 Å². The van der Waals surface area contributed by atoms with Gasteiger partial charge in [-0.2, -0.15) is 11.8 Å². The van der Waals surface area contributed by atoms with Crippen LogP contribution in [-0.2, 0) is 11.8 Å². The molecule has 0 aliphatic carbocycles. The first-order valence-corrected chi connectivity index (χ1v) is 10.5. The van der Waals surface area contributed by atoms with Crippen LogP contribution in [0.2, 0.25) is 0 Å². The van der Waals surface area contributed by atoms with Crippen molar-refractivity contribution in [2.24, 2.45) is 5.41 Å². The van der Waals surface area contributed by atoms with Gasteiger partial charge < -0.3 is 4.90 Å². The van der Waals surface area contributed by atoms with E-state index in [0.717, 1.165) is 6.04 Å². The minimum absolute atomic E-state index is 0.302. The molecule has 2 saturated heterocycles. The van der Waals surface area contributed by atoms with E-state index in [1.54, 1.807) is 0 Å².